The van der Waals surface area contributed by atoms with Crippen LogP contribution in [0.4, 0.5) is 4.79 Å². The van der Waals surface area contributed by atoms with E-state index >= 15 is 0 Å². The Bertz CT molecular complexity index is 933. The highest BCUT2D eigenvalue weighted by Gasteiger charge is 2.37. The van der Waals surface area contributed by atoms with E-state index in [4.69, 9.17) is 14.8 Å². The Hall–Kier alpha value is -2.45. The summed E-state index contributed by atoms with van der Waals surface area (Å²) in [6.07, 6.45) is 2.43. The molecule has 3 aliphatic rings. The van der Waals surface area contributed by atoms with Gasteiger partial charge >= 0.3 is 12.1 Å². The number of ether oxygens (including phenoxy) is 1. The van der Waals surface area contributed by atoms with Crippen LogP contribution in [0.2, 0.25) is 0 Å². The molecule has 0 radical (unpaired) electrons. The Morgan fingerprint density at radius 3 is 2.58 bits per heavy atom. The molecular formula is C23H29N3O4S. The summed E-state index contributed by atoms with van der Waals surface area (Å²) in [6.45, 7) is 6.92. The summed E-state index contributed by atoms with van der Waals surface area (Å²) in [6, 6.07) is 7.80. The van der Waals surface area contributed by atoms with Crippen molar-refractivity contribution in [3.63, 3.8) is 0 Å². The van der Waals surface area contributed by atoms with Crippen LogP contribution >= 0.6 is 11.3 Å². The van der Waals surface area contributed by atoms with Crippen molar-refractivity contribution < 1.29 is 19.4 Å². The van der Waals surface area contributed by atoms with Gasteiger partial charge in [0.15, 0.2) is 0 Å². The number of carbonyl (C=O) groups excluding carboxylic acids is 1. The molecule has 31 heavy (non-hydrogen) atoms. The Morgan fingerprint density at radius 2 is 1.97 bits per heavy atom. The molecule has 0 unspecified atom stereocenters. The molecule has 0 saturated carbocycles. The standard InChI is InChI=1S/C23H29N3O4S/c1-23(2,25-22(29)30-18-13-26-11-9-16(18)10-12-26)19-14-31-21(24-19)17-6-3-15(4-7-17)5-8-20(27)28/h3-4,6-7,14,16,18H,5,8-13H2,1-2H3,(H,25,29)(H,27,28)/t18-/m1/s1. The van der Waals surface area contributed by atoms with Crippen molar-refractivity contribution in [2.45, 2.75) is 51.2 Å². The van der Waals surface area contributed by atoms with Crippen molar-refractivity contribution in [2.24, 2.45) is 5.92 Å². The number of amides is 1. The number of aromatic nitrogens is 1. The molecular weight excluding hydrogens is 414 g/mol. The van der Waals surface area contributed by atoms with Gasteiger partial charge in [-0.25, -0.2) is 9.78 Å². The number of carboxylic acid groups (broad SMARTS) is 1. The molecule has 3 fully saturated rings. The van der Waals surface area contributed by atoms with Crippen LogP contribution in [0, 0.1) is 5.92 Å². The van der Waals surface area contributed by atoms with Crippen molar-refractivity contribution in [3.8, 4) is 10.6 Å². The van der Waals surface area contributed by atoms with Crippen LogP contribution in [0.25, 0.3) is 10.6 Å². The van der Waals surface area contributed by atoms with E-state index in [1.807, 2.05) is 43.5 Å². The Balaban J connectivity index is 1.36. The van der Waals surface area contributed by atoms with Gasteiger partial charge in [-0.2, -0.15) is 0 Å². The van der Waals surface area contributed by atoms with Gasteiger partial charge < -0.3 is 15.2 Å². The summed E-state index contributed by atoms with van der Waals surface area (Å²) in [5, 5.41) is 14.6. The first-order chi connectivity index (χ1) is 14.8. The molecule has 3 saturated heterocycles. The van der Waals surface area contributed by atoms with E-state index in [0.29, 0.717) is 12.3 Å². The third-order valence-corrected chi connectivity index (χ3v) is 7.13. The molecule has 2 aromatic rings. The summed E-state index contributed by atoms with van der Waals surface area (Å²) in [7, 11) is 0. The highest BCUT2D eigenvalue weighted by Crippen LogP contribution is 2.31. The maximum Gasteiger partial charge on any atom is 0.408 e. The fourth-order valence-corrected chi connectivity index (χ4v) is 5.28. The lowest BCUT2D eigenvalue weighted by atomic mass is 9.86. The van der Waals surface area contributed by atoms with E-state index in [-0.39, 0.29) is 18.6 Å². The monoisotopic (exact) mass is 443 g/mol. The topological polar surface area (TPSA) is 91.8 Å². The smallest absolute Gasteiger partial charge is 0.408 e. The summed E-state index contributed by atoms with van der Waals surface area (Å²) in [5.74, 6) is -0.321. The van der Waals surface area contributed by atoms with Crippen molar-refractivity contribution >= 4 is 23.4 Å². The molecule has 5 rings (SSSR count). The molecule has 1 atom stereocenters. The summed E-state index contributed by atoms with van der Waals surface area (Å²) >= 11 is 1.52. The average molecular weight is 444 g/mol. The van der Waals surface area contributed by atoms with Crippen molar-refractivity contribution in [3.05, 3.63) is 40.9 Å². The fraction of sp³-hybridized carbons (Fsp3) is 0.522. The zero-order chi connectivity index (χ0) is 22.0. The largest absolute Gasteiger partial charge is 0.481 e. The zero-order valence-electron chi connectivity index (χ0n) is 18.0. The number of aliphatic carboxylic acids is 1. The first-order valence-corrected chi connectivity index (χ1v) is 11.7. The van der Waals surface area contributed by atoms with E-state index in [1.165, 1.54) is 11.3 Å². The molecule has 3 aliphatic heterocycles. The number of carbonyl (C=O) groups is 2. The number of fused-ring (bicyclic) bond motifs is 3. The van der Waals surface area contributed by atoms with Gasteiger partial charge in [-0.15, -0.1) is 11.3 Å². The molecule has 2 bridgehead atoms. The number of nitrogens with zero attached hydrogens (tertiary/aromatic N) is 2. The van der Waals surface area contributed by atoms with Crippen molar-refractivity contribution in [1.82, 2.24) is 15.2 Å². The third kappa shape index (κ3) is 5.25. The molecule has 4 heterocycles. The maximum absolute atomic E-state index is 12.6. The number of hydrogen-bond acceptors (Lipinski definition) is 6. The lowest BCUT2D eigenvalue weighted by Crippen LogP contribution is -2.53. The number of carboxylic acids is 1. The van der Waals surface area contributed by atoms with Crippen LogP contribution in [-0.4, -0.2) is 52.8 Å². The SMILES string of the molecule is CC(C)(NC(=O)O[C@@H]1CN2CCC1CC2)c1csc(-c2ccc(CCC(=O)O)cc2)n1. The summed E-state index contributed by atoms with van der Waals surface area (Å²) in [5.41, 5.74) is 2.09. The van der Waals surface area contributed by atoms with E-state index in [1.54, 1.807) is 0 Å². The first-order valence-electron chi connectivity index (χ1n) is 10.8. The van der Waals surface area contributed by atoms with Crippen LogP contribution in [0.1, 0.15) is 44.4 Å². The van der Waals surface area contributed by atoms with E-state index in [0.717, 1.165) is 54.3 Å². The molecule has 1 aromatic carbocycles. The average Bonchev–Trinajstić information content (AvgIpc) is 3.24. The van der Waals surface area contributed by atoms with Gasteiger partial charge in [-0.1, -0.05) is 24.3 Å². The number of alkyl carbamates (subject to hydrolysis) is 1. The maximum atomic E-state index is 12.6. The second-order valence-electron chi connectivity index (χ2n) is 8.96. The van der Waals surface area contributed by atoms with Crippen LogP contribution < -0.4 is 5.32 Å². The Kier molecular flexibility index (Phi) is 6.29. The second kappa shape index (κ2) is 8.96. The van der Waals surface area contributed by atoms with Crippen LogP contribution in [0.5, 0.6) is 0 Å². The number of benzene rings is 1. The molecule has 0 aliphatic carbocycles. The number of rotatable bonds is 7. The molecule has 166 valence electrons. The first kappa shape index (κ1) is 21.8. The van der Waals surface area contributed by atoms with Gasteiger partial charge in [-0.05, 0) is 57.7 Å². The normalized spacial score (nSPS) is 22.8. The zero-order valence-corrected chi connectivity index (χ0v) is 18.8. The quantitative estimate of drug-likeness (QED) is 0.675. The molecule has 2 N–H and O–H groups in total. The van der Waals surface area contributed by atoms with Crippen molar-refractivity contribution in [1.29, 1.82) is 0 Å². The van der Waals surface area contributed by atoms with E-state index in [2.05, 4.69) is 10.2 Å². The number of piperidine rings is 3. The number of aryl methyl sites for hydroxylation is 1. The molecule has 1 amide bonds. The predicted molar refractivity (Wildman–Crippen MR) is 119 cm³/mol. The highest BCUT2D eigenvalue weighted by atomic mass is 32.1. The third-order valence-electron chi connectivity index (χ3n) is 6.24. The minimum Gasteiger partial charge on any atom is -0.481 e. The summed E-state index contributed by atoms with van der Waals surface area (Å²) < 4.78 is 5.77. The lowest BCUT2D eigenvalue weighted by molar-refractivity contribution is -0.136. The lowest BCUT2D eigenvalue weighted by Gasteiger charge is -2.44. The molecule has 0 spiro atoms. The van der Waals surface area contributed by atoms with Gasteiger partial charge in [0.25, 0.3) is 0 Å². The number of hydrogen-bond donors (Lipinski definition) is 2. The minimum atomic E-state index is -0.796. The van der Waals surface area contributed by atoms with E-state index < -0.39 is 11.5 Å². The van der Waals surface area contributed by atoms with Gasteiger partial charge in [0.2, 0.25) is 0 Å². The van der Waals surface area contributed by atoms with Crippen LogP contribution in [0.3, 0.4) is 0 Å². The second-order valence-corrected chi connectivity index (χ2v) is 9.82. The molecule has 8 heteroatoms. The van der Waals surface area contributed by atoms with Gasteiger partial charge in [-0.3, -0.25) is 9.69 Å². The van der Waals surface area contributed by atoms with Crippen molar-refractivity contribution in [2.75, 3.05) is 19.6 Å². The van der Waals surface area contributed by atoms with Gasteiger partial charge in [0, 0.05) is 23.9 Å². The Labute approximate surface area is 186 Å². The van der Waals surface area contributed by atoms with E-state index in [9.17, 15) is 9.59 Å². The highest BCUT2D eigenvalue weighted by molar-refractivity contribution is 7.13. The summed E-state index contributed by atoms with van der Waals surface area (Å²) in [4.78, 5) is 30.4. The van der Waals surface area contributed by atoms with Gasteiger partial charge in [0.1, 0.15) is 11.1 Å². The number of thiazole rings is 1. The fourth-order valence-electron chi connectivity index (χ4n) is 4.29. The molecule has 7 nitrogen and oxygen atoms in total. The van der Waals surface area contributed by atoms with Crippen LogP contribution in [-0.2, 0) is 21.5 Å². The Morgan fingerprint density at radius 1 is 1.26 bits per heavy atom. The number of nitrogens with one attached hydrogen (secondary N) is 1. The minimum absolute atomic E-state index is 0.0241. The van der Waals surface area contributed by atoms with Gasteiger partial charge in [0.05, 0.1) is 11.2 Å². The predicted octanol–water partition coefficient (Wildman–Crippen LogP) is 3.88. The van der Waals surface area contributed by atoms with Crippen LogP contribution in [0.15, 0.2) is 29.6 Å². The molecule has 1 aromatic heterocycles.